The van der Waals surface area contributed by atoms with Gasteiger partial charge in [0, 0.05) is 22.6 Å². The third kappa shape index (κ3) is 2.40. The molecular formula is C9H11AlFeO. The smallest absolute Gasteiger partial charge is 0.187 e. The van der Waals surface area contributed by atoms with Crippen molar-refractivity contribution in [1.29, 1.82) is 0 Å². The first-order valence-electron chi connectivity index (χ1n) is 3.35. The summed E-state index contributed by atoms with van der Waals surface area (Å²) in [5.74, 6) is 0.991. The summed E-state index contributed by atoms with van der Waals surface area (Å²) < 4.78 is 5.34. The minimum atomic E-state index is 0. The molecule has 0 amide bonds. The van der Waals surface area contributed by atoms with E-state index in [9.17, 15) is 0 Å². The summed E-state index contributed by atoms with van der Waals surface area (Å²) >= 11 is 0. The number of ether oxygens (including phenoxy) is 1. The van der Waals surface area contributed by atoms with Crippen LogP contribution in [0.4, 0.5) is 0 Å². The molecule has 0 saturated heterocycles. The van der Waals surface area contributed by atoms with Crippen molar-refractivity contribution in [3.63, 3.8) is 0 Å². The summed E-state index contributed by atoms with van der Waals surface area (Å²) in [6.45, 7) is 0.705. The summed E-state index contributed by atoms with van der Waals surface area (Å²) in [5.41, 5.74) is 1.17. The van der Waals surface area contributed by atoms with Gasteiger partial charge in [-0.05, 0) is 12.1 Å². The van der Waals surface area contributed by atoms with Crippen molar-refractivity contribution in [2.75, 3.05) is 6.61 Å². The molecule has 0 aromatic heterocycles. The largest absolute Gasteiger partial charge is 0.489 e. The van der Waals surface area contributed by atoms with Crippen LogP contribution in [-0.4, -0.2) is 24.0 Å². The van der Waals surface area contributed by atoms with E-state index < -0.39 is 0 Å². The fourth-order valence-electron chi connectivity index (χ4n) is 1.06. The standard InChI is InChI=1S/C9H8O.Al.Fe.3H/c1-2-6-9-8(4-1)5-3-7-10-9;;;;;/h1-6H,7H2;;;;;. The minimum Gasteiger partial charge on any atom is -0.489 e. The molecule has 0 radical (unpaired) electrons. The third-order valence-electron chi connectivity index (χ3n) is 1.55. The molecule has 12 heavy (non-hydrogen) atoms. The van der Waals surface area contributed by atoms with Gasteiger partial charge < -0.3 is 4.74 Å². The van der Waals surface area contributed by atoms with Crippen molar-refractivity contribution < 1.29 is 21.8 Å². The second kappa shape index (κ2) is 5.46. The summed E-state index contributed by atoms with van der Waals surface area (Å²) in [5, 5.41) is 0. The van der Waals surface area contributed by atoms with Crippen molar-refractivity contribution in [2.24, 2.45) is 0 Å². The Labute approximate surface area is 93.4 Å². The van der Waals surface area contributed by atoms with Gasteiger partial charge in [0.25, 0.3) is 0 Å². The van der Waals surface area contributed by atoms with Crippen LogP contribution in [0.25, 0.3) is 6.08 Å². The number of hydrogen-bond acceptors (Lipinski definition) is 1. The molecule has 3 heteroatoms. The Morgan fingerprint density at radius 1 is 1.17 bits per heavy atom. The predicted molar refractivity (Wildman–Crippen MR) is 50.9 cm³/mol. The molecule has 0 atom stereocenters. The van der Waals surface area contributed by atoms with Crippen LogP contribution in [-0.2, 0) is 17.1 Å². The van der Waals surface area contributed by atoms with Crippen molar-refractivity contribution in [3.8, 4) is 5.75 Å². The first-order valence-corrected chi connectivity index (χ1v) is 3.35. The van der Waals surface area contributed by atoms with E-state index in [2.05, 4.69) is 6.08 Å². The number of rotatable bonds is 0. The molecule has 0 aliphatic carbocycles. The number of para-hydroxylation sites is 1. The van der Waals surface area contributed by atoms with Crippen molar-refractivity contribution in [1.82, 2.24) is 0 Å². The molecular weight excluding hydrogens is 207 g/mol. The molecule has 0 fully saturated rings. The van der Waals surface area contributed by atoms with Gasteiger partial charge in [-0.25, -0.2) is 0 Å². The monoisotopic (exact) mass is 218 g/mol. The quantitative estimate of drug-likeness (QED) is 0.588. The molecule has 1 heterocycles. The van der Waals surface area contributed by atoms with Crippen LogP contribution in [0, 0.1) is 0 Å². The van der Waals surface area contributed by atoms with Crippen molar-refractivity contribution in [3.05, 3.63) is 35.9 Å². The molecule has 0 N–H and O–H groups in total. The second-order valence-corrected chi connectivity index (χ2v) is 2.25. The third-order valence-corrected chi connectivity index (χ3v) is 1.55. The van der Waals surface area contributed by atoms with Gasteiger partial charge >= 0.3 is 0 Å². The summed E-state index contributed by atoms with van der Waals surface area (Å²) in [4.78, 5) is 0. The topological polar surface area (TPSA) is 9.23 Å². The number of benzene rings is 1. The summed E-state index contributed by atoms with van der Waals surface area (Å²) in [6, 6.07) is 8.03. The molecule has 1 aliphatic heterocycles. The van der Waals surface area contributed by atoms with Gasteiger partial charge in [0.05, 0.1) is 0 Å². The zero-order chi connectivity index (χ0) is 6.81. The van der Waals surface area contributed by atoms with Gasteiger partial charge in [-0.1, -0.05) is 24.3 Å². The summed E-state index contributed by atoms with van der Waals surface area (Å²) in [7, 11) is 0. The Balaban J connectivity index is 0.000000605. The van der Waals surface area contributed by atoms with Crippen LogP contribution in [0.15, 0.2) is 30.3 Å². The SMILES string of the molecule is C1=Cc2ccccc2OC1.[AlH3].[Fe]. The zero-order valence-corrected chi connectivity index (χ0v) is 7.04. The Bertz CT molecular complexity index is 273. The molecule has 1 nitrogen and oxygen atoms in total. The maximum absolute atomic E-state index is 5.34. The number of fused-ring (bicyclic) bond motifs is 1. The zero-order valence-electron chi connectivity index (χ0n) is 5.93. The van der Waals surface area contributed by atoms with Gasteiger partial charge in [-0.15, -0.1) is 0 Å². The summed E-state index contributed by atoms with van der Waals surface area (Å²) in [6.07, 6.45) is 4.10. The van der Waals surface area contributed by atoms with Crippen LogP contribution in [0.3, 0.4) is 0 Å². The van der Waals surface area contributed by atoms with Crippen molar-refractivity contribution in [2.45, 2.75) is 0 Å². The molecule has 1 aromatic carbocycles. The van der Waals surface area contributed by atoms with E-state index in [4.69, 9.17) is 4.74 Å². The van der Waals surface area contributed by atoms with Gasteiger partial charge in [0.2, 0.25) is 0 Å². The molecule has 1 aromatic rings. The van der Waals surface area contributed by atoms with Crippen LogP contribution < -0.4 is 4.74 Å². The molecule has 1 aliphatic rings. The fraction of sp³-hybridized carbons (Fsp3) is 0.111. The van der Waals surface area contributed by atoms with Crippen LogP contribution in [0.5, 0.6) is 5.75 Å². The number of hydrogen-bond donors (Lipinski definition) is 0. The van der Waals surface area contributed by atoms with Gasteiger partial charge in [-0.2, -0.15) is 0 Å². The van der Waals surface area contributed by atoms with Crippen LogP contribution in [0.2, 0.25) is 0 Å². The normalized spacial score (nSPS) is 11.7. The van der Waals surface area contributed by atoms with Crippen LogP contribution >= 0.6 is 0 Å². The fourth-order valence-corrected chi connectivity index (χ4v) is 1.06. The van der Waals surface area contributed by atoms with E-state index in [1.807, 2.05) is 30.3 Å². The van der Waals surface area contributed by atoms with Gasteiger partial charge in [0.15, 0.2) is 17.4 Å². The molecule has 0 saturated carbocycles. The van der Waals surface area contributed by atoms with E-state index in [0.717, 1.165) is 5.75 Å². The van der Waals surface area contributed by atoms with Gasteiger partial charge in [0.1, 0.15) is 12.4 Å². The maximum atomic E-state index is 5.34. The predicted octanol–water partition coefficient (Wildman–Crippen LogP) is 0.906. The Kier molecular flexibility index (Phi) is 5.37. The Hall–Kier alpha value is -0.188. The molecule has 0 spiro atoms. The Morgan fingerprint density at radius 2 is 1.92 bits per heavy atom. The second-order valence-electron chi connectivity index (χ2n) is 2.25. The average molecular weight is 218 g/mol. The van der Waals surface area contributed by atoms with E-state index >= 15 is 0 Å². The average Bonchev–Trinajstić information content (AvgIpc) is 2.05. The van der Waals surface area contributed by atoms with E-state index in [1.165, 1.54) is 5.56 Å². The molecule has 64 valence electrons. The molecule has 0 bridgehead atoms. The first-order chi connectivity index (χ1) is 4.97. The Morgan fingerprint density at radius 3 is 2.67 bits per heavy atom. The van der Waals surface area contributed by atoms with E-state index in [0.29, 0.717) is 6.61 Å². The maximum Gasteiger partial charge on any atom is 0.187 e. The van der Waals surface area contributed by atoms with Crippen LogP contribution in [0.1, 0.15) is 5.56 Å². The first kappa shape index (κ1) is 11.8. The van der Waals surface area contributed by atoms with E-state index in [-0.39, 0.29) is 34.4 Å². The van der Waals surface area contributed by atoms with E-state index in [1.54, 1.807) is 0 Å². The van der Waals surface area contributed by atoms with Gasteiger partial charge in [-0.3, -0.25) is 0 Å². The molecule has 0 unspecified atom stereocenters. The van der Waals surface area contributed by atoms with Crippen molar-refractivity contribution >= 4 is 23.4 Å². The minimum absolute atomic E-state index is 0. The molecule has 2 rings (SSSR count).